The Bertz CT molecular complexity index is 561. The maximum atomic E-state index is 11.5. The normalized spacial score (nSPS) is 24.8. The summed E-state index contributed by atoms with van der Waals surface area (Å²) in [6.45, 7) is 4.30. The number of carbonyl (C=O) groups excluding carboxylic acids is 1. The minimum Gasteiger partial charge on any atom is -0.486 e. The third kappa shape index (κ3) is 2.01. The molecule has 0 saturated carbocycles. The molecule has 1 aromatic carbocycles. The van der Waals surface area contributed by atoms with E-state index in [4.69, 9.17) is 20.9 Å². The number of amides is 1. The molecular weight excluding hydrogens is 258 g/mol. The summed E-state index contributed by atoms with van der Waals surface area (Å²) < 4.78 is 11.1. The van der Waals surface area contributed by atoms with E-state index in [-0.39, 0.29) is 5.91 Å². The molecule has 1 unspecified atom stereocenters. The molecule has 108 valence electrons. The molecule has 2 aliphatic heterocycles. The molecule has 0 aromatic heterocycles. The van der Waals surface area contributed by atoms with E-state index in [9.17, 15) is 4.79 Å². The van der Waals surface area contributed by atoms with Crippen LogP contribution in [0.5, 0.6) is 11.5 Å². The number of hydrogen-bond acceptors (Lipinski definition) is 5. The molecule has 1 atom stereocenters. The Hall–Kier alpha value is -2.11. The summed E-state index contributed by atoms with van der Waals surface area (Å²) in [6.07, 6.45) is 0.732. The van der Waals surface area contributed by atoms with Gasteiger partial charge >= 0.3 is 0 Å². The molecule has 1 fully saturated rings. The van der Waals surface area contributed by atoms with Crippen LogP contribution in [0.3, 0.4) is 0 Å². The van der Waals surface area contributed by atoms with Crippen molar-refractivity contribution in [2.45, 2.75) is 13.3 Å². The predicted octanol–water partition coefficient (Wildman–Crippen LogP) is 0.742. The molecule has 4 N–H and O–H groups in total. The first kappa shape index (κ1) is 12.9. The van der Waals surface area contributed by atoms with Crippen LogP contribution in [0, 0.1) is 5.41 Å². The van der Waals surface area contributed by atoms with Gasteiger partial charge in [-0.2, -0.15) is 0 Å². The van der Waals surface area contributed by atoms with Crippen molar-refractivity contribution in [2.75, 3.05) is 36.9 Å². The van der Waals surface area contributed by atoms with Gasteiger partial charge in [0.25, 0.3) is 0 Å². The third-order valence-corrected chi connectivity index (χ3v) is 4.10. The Morgan fingerprint density at radius 3 is 2.55 bits per heavy atom. The van der Waals surface area contributed by atoms with Gasteiger partial charge in [-0.05, 0) is 13.3 Å². The van der Waals surface area contributed by atoms with Crippen LogP contribution in [0.2, 0.25) is 0 Å². The summed E-state index contributed by atoms with van der Waals surface area (Å²) in [5.74, 6) is 1.11. The average molecular weight is 277 g/mol. The smallest absolute Gasteiger partial charge is 0.225 e. The van der Waals surface area contributed by atoms with Gasteiger partial charge in [0.15, 0.2) is 11.5 Å². The first-order valence-corrected chi connectivity index (χ1v) is 6.73. The van der Waals surface area contributed by atoms with Crippen LogP contribution >= 0.6 is 0 Å². The fourth-order valence-corrected chi connectivity index (χ4v) is 2.74. The summed E-state index contributed by atoms with van der Waals surface area (Å²) in [6, 6.07) is 3.67. The van der Waals surface area contributed by atoms with Gasteiger partial charge < -0.3 is 25.8 Å². The van der Waals surface area contributed by atoms with Crippen LogP contribution in [0.4, 0.5) is 11.4 Å². The van der Waals surface area contributed by atoms with E-state index < -0.39 is 5.41 Å². The van der Waals surface area contributed by atoms with Gasteiger partial charge in [0.2, 0.25) is 5.91 Å². The maximum absolute atomic E-state index is 11.5. The highest BCUT2D eigenvalue weighted by Gasteiger charge is 2.39. The Labute approximate surface area is 117 Å². The van der Waals surface area contributed by atoms with Crippen LogP contribution < -0.4 is 25.8 Å². The quantitative estimate of drug-likeness (QED) is 0.778. The fourth-order valence-electron chi connectivity index (χ4n) is 2.74. The average Bonchev–Trinajstić information content (AvgIpc) is 2.82. The van der Waals surface area contributed by atoms with Crippen molar-refractivity contribution in [3.8, 4) is 11.5 Å². The first-order valence-electron chi connectivity index (χ1n) is 6.73. The lowest BCUT2D eigenvalue weighted by Gasteiger charge is -2.26. The molecule has 0 bridgehead atoms. The van der Waals surface area contributed by atoms with Gasteiger partial charge in [-0.3, -0.25) is 4.79 Å². The molecule has 6 nitrogen and oxygen atoms in total. The Balaban J connectivity index is 1.90. The highest BCUT2D eigenvalue weighted by molar-refractivity contribution is 5.83. The number of rotatable bonds is 2. The lowest BCUT2D eigenvalue weighted by atomic mass is 9.89. The number of nitrogens with zero attached hydrogens (tertiary/aromatic N) is 1. The molecule has 1 saturated heterocycles. The summed E-state index contributed by atoms with van der Waals surface area (Å²) in [4.78, 5) is 13.6. The molecule has 1 aromatic rings. The van der Waals surface area contributed by atoms with Crippen molar-refractivity contribution in [1.29, 1.82) is 0 Å². The minimum atomic E-state index is -0.500. The number of nitrogens with two attached hydrogens (primary N) is 2. The van der Waals surface area contributed by atoms with Crippen LogP contribution in [0.15, 0.2) is 12.1 Å². The van der Waals surface area contributed by atoms with Crippen molar-refractivity contribution in [1.82, 2.24) is 0 Å². The fraction of sp³-hybridized carbons (Fsp3) is 0.500. The number of anilines is 2. The number of carbonyl (C=O) groups is 1. The number of ether oxygens (including phenoxy) is 2. The largest absolute Gasteiger partial charge is 0.486 e. The zero-order chi connectivity index (χ0) is 14.3. The molecule has 0 spiro atoms. The first-order chi connectivity index (χ1) is 9.49. The van der Waals surface area contributed by atoms with Crippen molar-refractivity contribution in [2.24, 2.45) is 11.1 Å². The van der Waals surface area contributed by atoms with E-state index in [1.807, 2.05) is 13.0 Å². The van der Waals surface area contributed by atoms with Gasteiger partial charge in [0.05, 0.1) is 16.8 Å². The summed E-state index contributed by atoms with van der Waals surface area (Å²) >= 11 is 0. The van der Waals surface area contributed by atoms with Crippen LogP contribution in [0.25, 0.3) is 0 Å². The standard InChI is InChI=1S/C14H19N3O3/c1-14(13(16)18)2-3-17(8-14)10-7-12-11(6-9(10)15)19-4-5-20-12/h6-7H,2-5,8,15H2,1H3,(H2,16,18). The highest BCUT2D eigenvalue weighted by Crippen LogP contribution is 2.41. The van der Waals surface area contributed by atoms with Gasteiger partial charge in [-0.15, -0.1) is 0 Å². The van der Waals surface area contributed by atoms with Crippen LogP contribution in [-0.2, 0) is 4.79 Å². The second-order valence-corrected chi connectivity index (χ2v) is 5.65. The van der Waals surface area contributed by atoms with E-state index in [0.29, 0.717) is 36.9 Å². The van der Waals surface area contributed by atoms with Crippen molar-refractivity contribution in [3.63, 3.8) is 0 Å². The molecule has 0 radical (unpaired) electrons. The summed E-state index contributed by atoms with van der Waals surface area (Å²) in [5.41, 5.74) is 12.6. The summed E-state index contributed by atoms with van der Waals surface area (Å²) in [7, 11) is 0. The second-order valence-electron chi connectivity index (χ2n) is 5.65. The lowest BCUT2D eigenvalue weighted by Crippen LogP contribution is -2.37. The molecule has 2 aliphatic rings. The van der Waals surface area contributed by atoms with Crippen molar-refractivity contribution >= 4 is 17.3 Å². The molecule has 6 heteroatoms. The number of fused-ring (bicyclic) bond motifs is 1. The van der Waals surface area contributed by atoms with E-state index in [0.717, 1.165) is 18.7 Å². The second kappa shape index (κ2) is 4.47. The number of benzene rings is 1. The number of nitrogen functional groups attached to an aromatic ring is 1. The van der Waals surface area contributed by atoms with E-state index in [2.05, 4.69) is 4.90 Å². The number of primary amides is 1. The van der Waals surface area contributed by atoms with Gasteiger partial charge in [-0.25, -0.2) is 0 Å². The lowest BCUT2D eigenvalue weighted by molar-refractivity contribution is -0.125. The van der Waals surface area contributed by atoms with Gasteiger partial charge in [-0.1, -0.05) is 0 Å². The molecule has 0 aliphatic carbocycles. The van der Waals surface area contributed by atoms with E-state index >= 15 is 0 Å². The minimum absolute atomic E-state index is 0.267. The molecule has 3 rings (SSSR count). The zero-order valence-electron chi connectivity index (χ0n) is 11.5. The van der Waals surface area contributed by atoms with E-state index in [1.54, 1.807) is 6.07 Å². The van der Waals surface area contributed by atoms with Crippen LogP contribution in [0.1, 0.15) is 13.3 Å². The van der Waals surface area contributed by atoms with Crippen molar-refractivity contribution in [3.05, 3.63) is 12.1 Å². The Kier molecular flexibility index (Phi) is 2.88. The van der Waals surface area contributed by atoms with Gasteiger partial charge in [0.1, 0.15) is 13.2 Å². The van der Waals surface area contributed by atoms with Crippen molar-refractivity contribution < 1.29 is 14.3 Å². The molecule has 1 amide bonds. The van der Waals surface area contributed by atoms with Gasteiger partial charge in [0, 0.05) is 25.2 Å². The van der Waals surface area contributed by atoms with E-state index in [1.165, 1.54) is 0 Å². The summed E-state index contributed by atoms with van der Waals surface area (Å²) in [5, 5.41) is 0. The number of hydrogen-bond donors (Lipinski definition) is 2. The molecule has 20 heavy (non-hydrogen) atoms. The Morgan fingerprint density at radius 2 is 1.95 bits per heavy atom. The SMILES string of the molecule is CC1(C(N)=O)CCN(c2cc3c(cc2N)OCCO3)C1. The monoisotopic (exact) mass is 277 g/mol. The third-order valence-electron chi connectivity index (χ3n) is 4.10. The van der Waals surface area contributed by atoms with Crippen LogP contribution in [-0.4, -0.2) is 32.2 Å². The maximum Gasteiger partial charge on any atom is 0.225 e. The molecule has 2 heterocycles. The molecular formula is C14H19N3O3. The highest BCUT2D eigenvalue weighted by atomic mass is 16.6. The Morgan fingerprint density at radius 1 is 1.30 bits per heavy atom. The topological polar surface area (TPSA) is 90.8 Å². The zero-order valence-corrected chi connectivity index (χ0v) is 11.5. The predicted molar refractivity (Wildman–Crippen MR) is 76.0 cm³/mol.